The molecule has 0 aromatic heterocycles. The van der Waals surface area contributed by atoms with E-state index in [0.717, 1.165) is 23.1 Å². The van der Waals surface area contributed by atoms with Gasteiger partial charge in [0.25, 0.3) is 0 Å². The van der Waals surface area contributed by atoms with Crippen LogP contribution >= 0.6 is 15.9 Å². The van der Waals surface area contributed by atoms with Crippen LogP contribution in [0.3, 0.4) is 0 Å². The van der Waals surface area contributed by atoms with E-state index in [1.165, 1.54) is 0 Å². The van der Waals surface area contributed by atoms with Crippen LogP contribution in [0.5, 0.6) is 0 Å². The third kappa shape index (κ3) is 4.09. The highest BCUT2D eigenvalue weighted by molar-refractivity contribution is 9.10. The summed E-state index contributed by atoms with van der Waals surface area (Å²) in [5.74, 6) is 0.375. The van der Waals surface area contributed by atoms with Crippen molar-refractivity contribution in [3.63, 3.8) is 0 Å². The summed E-state index contributed by atoms with van der Waals surface area (Å²) in [5, 5.41) is 12.5. The first kappa shape index (κ1) is 17.4. The van der Waals surface area contributed by atoms with Gasteiger partial charge in [-0.15, -0.1) is 0 Å². The molecule has 1 aliphatic rings. The van der Waals surface area contributed by atoms with Gasteiger partial charge in [0.05, 0.1) is 5.41 Å². The number of rotatable bonds is 6. The summed E-state index contributed by atoms with van der Waals surface area (Å²) in [6.07, 6.45) is 0.956. The third-order valence-electron chi connectivity index (χ3n) is 4.52. The fourth-order valence-corrected chi connectivity index (χ4v) is 3.01. The number of carbonyl (C=O) groups is 1. The van der Waals surface area contributed by atoms with Crippen molar-refractivity contribution in [3.8, 4) is 0 Å². The highest BCUT2D eigenvalue weighted by atomic mass is 79.9. The van der Waals surface area contributed by atoms with E-state index in [-0.39, 0.29) is 18.4 Å². The largest absolute Gasteiger partial charge is 0.396 e. The number of carbonyl (C=O) groups excluding carboxylic acids is 1. The molecule has 4 nitrogen and oxygen atoms in total. The van der Waals surface area contributed by atoms with Crippen molar-refractivity contribution in [2.75, 3.05) is 26.4 Å². The molecule has 0 spiro atoms. The average molecular weight is 370 g/mol. The van der Waals surface area contributed by atoms with Crippen molar-refractivity contribution < 1.29 is 14.6 Å². The molecule has 0 unspecified atom stereocenters. The Bertz CT molecular complexity index is 495. The number of amides is 1. The van der Waals surface area contributed by atoms with Crippen LogP contribution in [0, 0.1) is 11.8 Å². The van der Waals surface area contributed by atoms with Gasteiger partial charge in [0, 0.05) is 36.8 Å². The lowest BCUT2D eigenvalue weighted by atomic mass is 9.83. The lowest BCUT2D eigenvalue weighted by Gasteiger charge is -2.27. The Hall–Kier alpha value is -0.910. The number of ether oxygens (including phenoxy) is 1. The lowest BCUT2D eigenvalue weighted by molar-refractivity contribution is -0.126. The molecule has 1 saturated heterocycles. The van der Waals surface area contributed by atoms with Gasteiger partial charge in [-0.25, -0.2) is 0 Å². The third-order valence-corrected chi connectivity index (χ3v) is 5.05. The highest BCUT2D eigenvalue weighted by Crippen LogP contribution is 2.26. The summed E-state index contributed by atoms with van der Waals surface area (Å²) < 4.78 is 6.36. The minimum absolute atomic E-state index is 0.0211. The van der Waals surface area contributed by atoms with Crippen LogP contribution in [0.4, 0.5) is 0 Å². The maximum Gasteiger partial charge on any atom is 0.230 e. The highest BCUT2D eigenvalue weighted by Gasteiger charge is 2.31. The van der Waals surface area contributed by atoms with Crippen LogP contribution in [0.2, 0.25) is 0 Å². The minimum atomic E-state index is -0.604. The quantitative estimate of drug-likeness (QED) is 0.809. The maximum atomic E-state index is 12.5. The predicted molar refractivity (Wildman–Crippen MR) is 89.7 cm³/mol. The van der Waals surface area contributed by atoms with Crippen LogP contribution in [-0.4, -0.2) is 37.4 Å². The van der Waals surface area contributed by atoms with Gasteiger partial charge in [-0.1, -0.05) is 28.1 Å². The number of hydrogen-bond donors (Lipinski definition) is 2. The van der Waals surface area contributed by atoms with E-state index in [1.807, 2.05) is 38.1 Å². The van der Waals surface area contributed by atoms with Crippen molar-refractivity contribution in [1.29, 1.82) is 0 Å². The Morgan fingerprint density at radius 3 is 2.68 bits per heavy atom. The zero-order valence-corrected chi connectivity index (χ0v) is 14.7. The second-order valence-corrected chi connectivity index (χ2v) is 7.32. The van der Waals surface area contributed by atoms with Crippen LogP contribution in [-0.2, 0) is 14.9 Å². The molecule has 2 rings (SSSR count). The predicted octanol–water partition coefficient (Wildman–Crippen LogP) is 2.49. The van der Waals surface area contributed by atoms with Gasteiger partial charge in [0.15, 0.2) is 0 Å². The minimum Gasteiger partial charge on any atom is -0.396 e. The summed E-state index contributed by atoms with van der Waals surface area (Å²) in [5.41, 5.74) is 0.366. The molecule has 0 radical (unpaired) electrons. The molecule has 1 aliphatic heterocycles. The van der Waals surface area contributed by atoms with Crippen LogP contribution in [0.1, 0.15) is 25.8 Å². The van der Waals surface area contributed by atoms with Crippen LogP contribution < -0.4 is 5.32 Å². The van der Waals surface area contributed by atoms with E-state index in [1.54, 1.807) is 0 Å². The average Bonchev–Trinajstić information content (AvgIpc) is 3.02. The molecule has 2 N–H and O–H groups in total. The maximum absolute atomic E-state index is 12.5. The summed E-state index contributed by atoms with van der Waals surface area (Å²) >= 11 is 3.41. The number of halogens is 1. The molecule has 5 heteroatoms. The molecule has 0 saturated carbocycles. The molecular weight excluding hydrogens is 346 g/mol. The molecule has 1 fully saturated rings. The smallest absolute Gasteiger partial charge is 0.230 e. The second kappa shape index (κ2) is 7.57. The van der Waals surface area contributed by atoms with E-state index in [2.05, 4.69) is 21.2 Å². The number of aliphatic hydroxyl groups is 1. The van der Waals surface area contributed by atoms with E-state index in [9.17, 15) is 9.90 Å². The zero-order valence-electron chi connectivity index (χ0n) is 13.1. The fraction of sp³-hybridized carbons (Fsp3) is 0.588. The van der Waals surface area contributed by atoms with Gasteiger partial charge in [-0.05, 0) is 43.9 Å². The van der Waals surface area contributed by atoms with E-state index in [0.29, 0.717) is 19.1 Å². The van der Waals surface area contributed by atoms with Crippen molar-refractivity contribution in [3.05, 3.63) is 34.3 Å². The Kier molecular flexibility index (Phi) is 6.01. The van der Waals surface area contributed by atoms with Crippen molar-refractivity contribution >= 4 is 21.8 Å². The molecular formula is C17H24BrNO3. The summed E-state index contributed by atoms with van der Waals surface area (Å²) in [6.45, 7) is 5.82. The van der Waals surface area contributed by atoms with Crippen molar-refractivity contribution in [1.82, 2.24) is 5.32 Å². The Balaban J connectivity index is 1.96. The summed E-state index contributed by atoms with van der Waals surface area (Å²) in [7, 11) is 0. The van der Waals surface area contributed by atoms with Gasteiger partial charge in [0.1, 0.15) is 0 Å². The van der Waals surface area contributed by atoms with E-state index < -0.39 is 5.41 Å². The Morgan fingerprint density at radius 2 is 2.14 bits per heavy atom. The Morgan fingerprint density at radius 1 is 1.45 bits per heavy atom. The van der Waals surface area contributed by atoms with Gasteiger partial charge >= 0.3 is 0 Å². The fourth-order valence-electron chi connectivity index (χ4n) is 2.75. The van der Waals surface area contributed by atoms with Crippen molar-refractivity contribution in [2.24, 2.45) is 11.8 Å². The summed E-state index contributed by atoms with van der Waals surface area (Å²) in [6, 6.07) is 7.80. The first-order chi connectivity index (χ1) is 10.4. The Labute approximate surface area is 140 Å². The van der Waals surface area contributed by atoms with Gasteiger partial charge in [0.2, 0.25) is 5.91 Å². The number of hydrogen-bond acceptors (Lipinski definition) is 3. The monoisotopic (exact) mass is 369 g/mol. The molecule has 0 aliphatic carbocycles. The van der Waals surface area contributed by atoms with Gasteiger partial charge in [-0.2, -0.15) is 0 Å². The molecule has 122 valence electrons. The second-order valence-electron chi connectivity index (χ2n) is 6.41. The molecule has 1 heterocycles. The van der Waals surface area contributed by atoms with Crippen LogP contribution in [0.15, 0.2) is 28.7 Å². The number of nitrogens with one attached hydrogen (secondary N) is 1. The first-order valence-electron chi connectivity index (χ1n) is 7.68. The van der Waals surface area contributed by atoms with Gasteiger partial charge in [-0.3, -0.25) is 4.79 Å². The normalized spacial score (nSPS) is 19.9. The number of aliphatic hydroxyl groups excluding tert-OH is 1. The molecule has 0 bridgehead atoms. The molecule has 22 heavy (non-hydrogen) atoms. The summed E-state index contributed by atoms with van der Waals surface area (Å²) in [4.78, 5) is 12.5. The van der Waals surface area contributed by atoms with Gasteiger partial charge < -0.3 is 15.2 Å². The SMILES string of the molecule is CC(C)(C(=O)NC[C@@H](CO)[C@H]1CCOC1)c1ccc(Br)cc1. The van der Waals surface area contributed by atoms with E-state index in [4.69, 9.17) is 4.74 Å². The molecule has 2 atom stereocenters. The van der Waals surface area contributed by atoms with E-state index >= 15 is 0 Å². The van der Waals surface area contributed by atoms with Crippen molar-refractivity contribution in [2.45, 2.75) is 25.7 Å². The molecule has 1 aromatic rings. The lowest BCUT2D eigenvalue weighted by Crippen LogP contribution is -2.43. The molecule has 1 aromatic carbocycles. The van der Waals surface area contributed by atoms with Crippen LogP contribution in [0.25, 0.3) is 0 Å². The molecule has 1 amide bonds. The first-order valence-corrected chi connectivity index (χ1v) is 8.47. The number of benzene rings is 1. The standard InChI is InChI=1S/C17H24BrNO3/c1-17(2,14-3-5-15(18)6-4-14)16(21)19-9-13(10-20)12-7-8-22-11-12/h3-6,12-13,20H,7-11H2,1-2H3,(H,19,21)/t12-,13-/m0/s1. The zero-order chi connectivity index (χ0) is 16.2. The topological polar surface area (TPSA) is 58.6 Å².